The van der Waals surface area contributed by atoms with Crippen LogP contribution >= 0.6 is 0 Å². The first-order valence-corrected chi connectivity index (χ1v) is 7.46. The molecule has 0 saturated heterocycles. The highest BCUT2D eigenvalue weighted by atomic mass is 16.3. The van der Waals surface area contributed by atoms with Crippen molar-refractivity contribution in [3.63, 3.8) is 0 Å². The van der Waals surface area contributed by atoms with E-state index in [-0.39, 0.29) is 18.9 Å². The van der Waals surface area contributed by atoms with Gasteiger partial charge in [-0.25, -0.2) is 0 Å². The number of fused-ring (bicyclic) bond motifs is 1. The fourth-order valence-electron chi connectivity index (χ4n) is 2.44. The van der Waals surface area contributed by atoms with Crippen molar-refractivity contribution in [1.29, 1.82) is 0 Å². The molecule has 0 aliphatic rings. The second-order valence-electron chi connectivity index (χ2n) is 5.18. The molecule has 0 bridgehead atoms. The minimum Gasteiger partial charge on any atom is -0.459 e. The Morgan fingerprint density at radius 2 is 2.21 bits per heavy atom. The van der Waals surface area contributed by atoms with E-state index in [0.717, 1.165) is 16.5 Å². The van der Waals surface area contributed by atoms with Gasteiger partial charge in [0.05, 0.1) is 0 Å². The number of para-hydroxylation sites is 1. The van der Waals surface area contributed by atoms with E-state index in [2.05, 4.69) is 20.3 Å². The van der Waals surface area contributed by atoms with Gasteiger partial charge in [0, 0.05) is 41.2 Å². The van der Waals surface area contributed by atoms with E-state index in [1.807, 2.05) is 36.4 Å². The summed E-state index contributed by atoms with van der Waals surface area (Å²) in [6, 6.07) is 12.8. The quantitative estimate of drug-likeness (QED) is 0.425. The number of carbonyl (C=O) groups excluding carboxylic acids is 1. The van der Waals surface area contributed by atoms with Gasteiger partial charge in [0.15, 0.2) is 0 Å². The Kier molecular flexibility index (Phi) is 4.74. The zero-order valence-electron chi connectivity index (χ0n) is 12.8. The topological polar surface area (TPSA) is 104 Å². The number of pyridine rings is 1. The first-order valence-electron chi connectivity index (χ1n) is 7.46. The monoisotopic (exact) mass is 321 g/mol. The lowest BCUT2D eigenvalue weighted by atomic mass is 10.1. The maximum atomic E-state index is 12.1. The van der Waals surface area contributed by atoms with Crippen LogP contribution in [0.15, 0.2) is 64.4 Å². The number of azide groups is 1. The first-order chi connectivity index (χ1) is 11.8. The van der Waals surface area contributed by atoms with E-state index in [1.54, 1.807) is 18.5 Å². The van der Waals surface area contributed by atoms with Crippen LogP contribution in [0.25, 0.3) is 21.4 Å². The van der Waals surface area contributed by atoms with Crippen molar-refractivity contribution in [3.05, 3.63) is 76.6 Å². The Morgan fingerprint density at radius 1 is 1.33 bits per heavy atom. The molecule has 2 aromatic heterocycles. The third-order valence-electron chi connectivity index (χ3n) is 3.55. The van der Waals surface area contributed by atoms with Crippen LogP contribution in [0.5, 0.6) is 0 Å². The lowest BCUT2D eigenvalue weighted by Gasteiger charge is -2.16. The SMILES string of the molecule is [N-]=[N+]=NCCC(=O)NC(c1cccnc1)c1cc2ccccc2o1. The Bertz CT molecular complexity index is 851. The van der Waals surface area contributed by atoms with Crippen molar-refractivity contribution in [2.75, 3.05) is 6.54 Å². The average molecular weight is 321 g/mol. The molecule has 3 aromatic rings. The third kappa shape index (κ3) is 3.53. The van der Waals surface area contributed by atoms with Gasteiger partial charge in [-0.05, 0) is 23.7 Å². The molecular formula is C17H15N5O2. The van der Waals surface area contributed by atoms with Crippen molar-refractivity contribution in [2.24, 2.45) is 5.11 Å². The molecule has 0 radical (unpaired) electrons. The van der Waals surface area contributed by atoms with Gasteiger partial charge >= 0.3 is 0 Å². The molecule has 0 fully saturated rings. The summed E-state index contributed by atoms with van der Waals surface area (Å²) in [5.41, 5.74) is 9.87. The molecule has 1 unspecified atom stereocenters. The molecule has 7 heteroatoms. The lowest BCUT2D eigenvalue weighted by Crippen LogP contribution is -2.29. The summed E-state index contributed by atoms with van der Waals surface area (Å²) in [5.74, 6) is 0.401. The molecule has 7 nitrogen and oxygen atoms in total. The number of nitrogens with one attached hydrogen (secondary N) is 1. The lowest BCUT2D eigenvalue weighted by molar-refractivity contribution is -0.121. The largest absolute Gasteiger partial charge is 0.459 e. The zero-order valence-corrected chi connectivity index (χ0v) is 12.8. The summed E-state index contributed by atoms with van der Waals surface area (Å²) >= 11 is 0. The van der Waals surface area contributed by atoms with Crippen LogP contribution in [-0.2, 0) is 4.79 Å². The van der Waals surface area contributed by atoms with E-state index in [0.29, 0.717) is 5.76 Å². The van der Waals surface area contributed by atoms with Gasteiger partial charge < -0.3 is 9.73 Å². The zero-order chi connectivity index (χ0) is 16.8. The van der Waals surface area contributed by atoms with Gasteiger partial charge in [0.25, 0.3) is 0 Å². The summed E-state index contributed by atoms with van der Waals surface area (Å²) in [6.45, 7) is 0.113. The standard InChI is InChI=1S/C17H15N5O2/c18-22-20-9-7-16(23)21-17(13-5-3-8-19-11-13)15-10-12-4-1-2-6-14(12)24-15/h1-6,8,10-11,17H,7,9H2,(H,21,23). The summed E-state index contributed by atoms with van der Waals surface area (Å²) in [5, 5.41) is 7.26. The molecule has 1 amide bonds. The predicted octanol–water partition coefficient (Wildman–Crippen LogP) is 3.73. The molecular weight excluding hydrogens is 306 g/mol. The maximum absolute atomic E-state index is 12.1. The first kappa shape index (κ1) is 15.6. The Balaban J connectivity index is 1.90. The number of aromatic nitrogens is 1. The van der Waals surface area contributed by atoms with Gasteiger partial charge in [-0.2, -0.15) is 0 Å². The van der Waals surface area contributed by atoms with E-state index < -0.39 is 6.04 Å². The second kappa shape index (κ2) is 7.30. The second-order valence-corrected chi connectivity index (χ2v) is 5.18. The van der Waals surface area contributed by atoms with E-state index in [1.165, 1.54) is 0 Å². The van der Waals surface area contributed by atoms with Gasteiger partial charge in [0.1, 0.15) is 17.4 Å². The molecule has 0 aliphatic carbocycles. The molecule has 1 N–H and O–H groups in total. The average Bonchev–Trinajstić information content (AvgIpc) is 3.04. The third-order valence-corrected chi connectivity index (χ3v) is 3.55. The fourth-order valence-corrected chi connectivity index (χ4v) is 2.44. The Morgan fingerprint density at radius 3 is 2.96 bits per heavy atom. The molecule has 0 spiro atoms. The highest BCUT2D eigenvalue weighted by molar-refractivity contribution is 5.79. The van der Waals surface area contributed by atoms with E-state index in [9.17, 15) is 4.79 Å². The van der Waals surface area contributed by atoms with Crippen LogP contribution in [0, 0.1) is 0 Å². The molecule has 3 rings (SSSR count). The van der Waals surface area contributed by atoms with E-state index >= 15 is 0 Å². The number of rotatable bonds is 6. The summed E-state index contributed by atoms with van der Waals surface area (Å²) in [4.78, 5) is 18.9. The number of hydrogen-bond donors (Lipinski definition) is 1. The number of nitrogens with zero attached hydrogens (tertiary/aromatic N) is 4. The highest BCUT2D eigenvalue weighted by Crippen LogP contribution is 2.28. The summed E-state index contributed by atoms with van der Waals surface area (Å²) < 4.78 is 5.89. The van der Waals surface area contributed by atoms with Crippen LogP contribution in [-0.4, -0.2) is 17.4 Å². The molecule has 1 atom stereocenters. The van der Waals surface area contributed by atoms with Crippen LogP contribution in [0.2, 0.25) is 0 Å². The van der Waals surface area contributed by atoms with Crippen molar-refractivity contribution in [3.8, 4) is 0 Å². The molecule has 24 heavy (non-hydrogen) atoms. The molecule has 2 heterocycles. The predicted molar refractivity (Wildman–Crippen MR) is 89.1 cm³/mol. The van der Waals surface area contributed by atoms with Crippen molar-refractivity contribution < 1.29 is 9.21 Å². The van der Waals surface area contributed by atoms with Gasteiger partial charge in [-0.15, -0.1) is 0 Å². The minimum absolute atomic E-state index is 0.112. The summed E-state index contributed by atoms with van der Waals surface area (Å²) in [7, 11) is 0. The maximum Gasteiger partial charge on any atom is 0.220 e. The fraction of sp³-hybridized carbons (Fsp3) is 0.176. The Hall–Kier alpha value is -3.31. The number of amides is 1. The molecule has 1 aromatic carbocycles. The molecule has 0 saturated carbocycles. The van der Waals surface area contributed by atoms with Crippen molar-refractivity contribution in [1.82, 2.24) is 10.3 Å². The summed E-state index contributed by atoms with van der Waals surface area (Å²) in [6.07, 6.45) is 3.47. The van der Waals surface area contributed by atoms with Crippen molar-refractivity contribution in [2.45, 2.75) is 12.5 Å². The van der Waals surface area contributed by atoms with Crippen LogP contribution in [0.3, 0.4) is 0 Å². The van der Waals surface area contributed by atoms with Crippen LogP contribution < -0.4 is 5.32 Å². The Labute approximate surface area is 137 Å². The normalized spacial score (nSPS) is 11.7. The number of hydrogen-bond acceptors (Lipinski definition) is 4. The highest BCUT2D eigenvalue weighted by Gasteiger charge is 2.20. The smallest absolute Gasteiger partial charge is 0.220 e. The number of carbonyl (C=O) groups is 1. The van der Waals surface area contributed by atoms with Crippen molar-refractivity contribution >= 4 is 16.9 Å². The van der Waals surface area contributed by atoms with Crippen LogP contribution in [0.1, 0.15) is 23.8 Å². The van der Waals surface area contributed by atoms with Gasteiger partial charge in [0.2, 0.25) is 5.91 Å². The minimum atomic E-state index is -0.454. The number of furan rings is 1. The van der Waals surface area contributed by atoms with Gasteiger partial charge in [-0.3, -0.25) is 9.78 Å². The van der Waals surface area contributed by atoms with Crippen LogP contribution in [0.4, 0.5) is 0 Å². The van der Waals surface area contributed by atoms with Gasteiger partial charge in [-0.1, -0.05) is 29.4 Å². The molecule has 0 aliphatic heterocycles. The number of benzene rings is 1. The molecule has 120 valence electrons. The van der Waals surface area contributed by atoms with E-state index in [4.69, 9.17) is 9.95 Å².